The first-order chi connectivity index (χ1) is 20.8. The Hall–Kier alpha value is -4.45. The fourth-order valence-electron chi connectivity index (χ4n) is 4.66. The number of nitro groups is 1. The molecule has 0 saturated heterocycles. The third-order valence-corrected chi connectivity index (χ3v) is 9.05. The van der Waals surface area contributed by atoms with Crippen LogP contribution in [0.3, 0.4) is 0 Å². The Labute approximate surface area is 259 Å². The van der Waals surface area contributed by atoms with Gasteiger partial charge in [0.2, 0.25) is 11.8 Å². The summed E-state index contributed by atoms with van der Waals surface area (Å²) < 4.78 is 34.4. The van der Waals surface area contributed by atoms with E-state index in [1.807, 2.05) is 45.0 Å². The van der Waals surface area contributed by atoms with Crippen molar-refractivity contribution in [2.45, 2.75) is 58.5 Å². The number of hydrogen-bond donors (Lipinski definition) is 1. The van der Waals surface area contributed by atoms with E-state index < -0.39 is 33.4 Å². The summed E-state index contributed by atoms with van der Waals surface area (Å²) in [5.41, 5.74) is 1.80. The van der Waals surface area contributed by atoms with Gasteiger partial charge in [-0.15, -0.1) is 0 Å². The highest BCUT2D eigenvalue weighted by atomic mass is 32.2. The van der Waals surface area contributed by atoms with Crippen LogP contribution < -0.4 is 14.4 Å². The summed E-state index contributed by atoms with van der Waals surface area (Å²) in [6.07, 6.45) is 0.293. The number of carbonyl (C=O) groups excluding carboxylic acids is 2. The van der Waals surface area contributed by atoms with Crippen LogP contribution in [0.2, 0.25) is 0 Å². The van der Waals surface area contributed by atoms with E-state index >= 15 is 0 Å². The second kappa shape index (κ2) is 14.8. The van der Waals surface area contributed by atoms with Crippen molar-refractivity contribution < 1.29 is 27.7 Å². The standard InChI is InChI=1S/C32H40N4O7S/c1-7-29(32(38)33-19-22(2)3)34(20-25-11-9-8-10-23(25)4)31(37)21-35(26-13-15-27(43-6)16-14-26)44(41,42)28-17-12-24(5)30(18-28)36(39)40/h8-18,22,29H,7,19-21H2,1-6H3,(H,33,38)/t29-/m1/s1. The monoisotopic (exact) mass is 624 g/mol. The van der Waals surface area contributed by atoms with E-state index in [0.29, 0.717) is 24.3 Å². The van der Waals surface area contributed by atoms with Crippen molar-refractivity contribution in [1.29, 1.82) is 0 Å². The molecule has 0 spiro atoms. The fourth-order valence-corrected chi connectivity index (χ4v) is 6.10. The van der Waals surface area contributed by atoms with Gasteiger partial charge in [0.15, 0.2) is 0 Å². The van der Waals surface area contributed by atoms with Crippen LogP contribution >= 0.6 is 0 Å². The van der Waals surface area contributed by atoms with Crippen molar-refractivity contribution in [3.8, 4) is 5.75 Å². The molecule has 2 amide bonds. The summed E-state index contributed by atoms with van der Waals surface area (Å²) in [5.74, 6) is -0.291. The quantitative estimate of drug-likeness (QED) is 0.197. The highest BCUT2D eigenvalue weighted by Crippen LogP contribution is 2.29. The summed E-state index contributed by atoms with van der Waals surface area (Å²) in [4.78, 5) is 39.6. The molecule has 0 bridgehead atoms. The molecule has 0 aliphatic heterocycles. The number of nitrogens with zero attached hydrogens (tertiary/aromatic N) is 3. The van der Waals surface area contributed by atoms with Crippen LogP contribution in [0.15, 0.2) is 71.6 Å². The average molecular weight is 625 g/mol. The minimum atomic E-state index is -4.49. The molecular formula is C32H40N4O7S. The van der Waals surface area contributed by atoms with Gasteiger partial charge in [0, 0.05) is 24.7 Å². The average Bonchev–Trinajstić information content (AvgIpc) is 2.99. The zero-order valence-corrected chi connectivity index (χ0v) is 26.8. The van der Waals surface area contributed by atoms with Crippen molar-refractivity contribution >= 4 is 33.2 Å². The van der Waals surface area contributed by atoms with Crippen molar-refractivity contribution in [3.05, 3.63) is 93.5 Å². The number of sulfonamides is 1. The number of benzene rings is 3. The van der Waals surface area contributed by atoms with E-state index in [2.05, 4.69) is 5.32 Å². The molecule has 3 aromatic carbocycles. The SMILES string of the molecule is CC[C@H](C(=O)NCC(C)C)N(Cc1ccccc1C)C(=O)CN(c1ccc(OC)cc1)S(=O)(=O)c1ccc(C)c([N+](=O)[O-])c1. The summed E-state index contributed by atoms with van der Waals surface area (Å²) >= 11 is 0. The van der Waals surface area contributed by atoms with Gasteiger partial charge in [-0.05, 0) is 67.6 Å². The topological polar surface area (TPSA) is 139 Å². The molecule has 0 radical (unpaired) electrons. The Morgan fingerprint density at radius 3 is 2.23 bits per heavy atom. The third kappa shape index (κ3) is 8.13. The van der Waals surface area contributed by atoms with Gasteiger partial charge in [-0.1, -0.05) is 51.1 Å². The minimum absolute atomic E-state index is 0.0750. The number of rotatable bonds is 14. The first-order valence-corrected chi connectivity index (χ1v) is 15.8. The Balaban J connectivity index is 2.12. The number of aryl methyl sites for hydroxylation is 2. The highest BCUT2D eigenvalue weighted by Gasteiger charge is 2.34. The van der Waals surface area contributed by atoms with Crippen LogP contribution in [0.5, 0.6) is 5.75 Å². The fraction of sp³-hybridized carbons (Fsp3) is 0.375. The van der Waals surface area contributed by atoms with Crippen LogP contribution in [-0.2, 0) is 26.2 Å². The van der Waals surface area contributed by atoms with Gasteiger partial charge >= 0.3 is 0 Å². The van der Waals surface area contributed by atoms with Gasteiger partial charge < -0.3 is 15.0 Å². The van der Waals surface area contributed by atoms with Crippen molar-refractivity contribution in [2.24, 2.45) is 5.92 Å². The minimum Gasteiger partial charge on any atom is -0.497 e. The second-order valence-corrected chi connectivity index (χ2v) is 12.8. The number of hydrogen-bond acceptors (Lipinski definition) is 7. The number of amides is 2. The maximum atomic E-state index is 14.2. The first kappa shape index (κ1) is 34.0. The molecule has 1 N–H and O–H groups in total. The van der Waals surface area contributed by atoms with Crippen LogP contribution in [0.25, 0.3) is 0 Å². The van der Waals surface area contributed by atoms with E-state index in [0.717, 1.165) is 21.5 Å². The molecule has 44 heavy (non-hydrogen) atoms. The number of anilines is 1. The molecule has 11 nitrogen and oxygen atoms in total. The molecule has 12 heteroatoms. The maximum absolute atomic E-state index is 14.2. The third-order valence-electron chi connectivity index (χ3n) is 7.28. The summed E-state index contributed by atoms with van der Waals surface area (Å²) in [6.45, 7) is 8.96. The lowest BCUT2D eigenvalue weighted by Crippen LogP contribution is -2.52. The number of carbonyl (C=O) groups is 2. The van der Waals surface area contributed by atoms with Gasteiger partial charge in [-0.2, -0.15) is 0 Å². The lowest BCUT2D eigenvalue weighted by molar-refractivity contribution is -0.385. The second-order valence-electron chi connectivity index (χ2n) is 10.9. The van der Waals surface area contributed by atoms with E-state index in [1.54, 1.807) is 19.1 Å². The normalized spacial score (nSPS) is 12.0. The van der Waals surface area contributed by atoms with Crippen molar-refractivity contribution in [2.75, 3.05) is 24.5 Å². The molecule has 0 unspecified atom stereocenters. The van der Waals surface area contributed by atoms with E-state index in [-0.39, 0.29) is 34.6 Å². The summed E-state index contributed by atoms with van der Waals surface area (Å²) in [6, 6.07) is 16.3. The largest absolute Gasteiger partial charge is 0.497 e. The number of nitrogens with one attached hydrogen (secondary N) is 1. The predicted molar refractivity (Wildman–Crippen MR) is 169 cm³/mol. The van der Waals surface area contributed by atoms with Crippen LogP contribution in [0.1, 0.15) is 43.9 Å². The smallest absolute Gasteiger partial charge is 0.273 e. The lowest BCUT2D eigenvalue weighted by atomic mass is 10.1. The maximum Gasteiger partial charge on any atom is 0.273 e. The summed E-state index contributed by atoms with van der Waals surface area (Å²) in [5, 5.41) is 14.5. The van der Waals surface area contributed by atoms with Gasteiger partial charge in [0.1, 0.15) is 18.3 Å². The Kier molecular flexibility index (Phi) is 11.5. The molecular weight excluding hydrogens is 584 g/mol. The molecule has 0 heterocycles. The van der Waals surface area contributed by atoms with Gasteiger partial charge in [-0.25, -0.2) is 8.42 Å². The van der Waals surface area contributed by atoms with Crippen LogP contribution in [-0.4, -0.2) is 56.3 Å². The Morgan fingerprint density at radius 1 is 1.00 bits per heavy atom. The number of ether oxygens (including phenoxy) is 1. The van der Waals surface area contributed by atoms with E-state index in [9.17, 15) is 28.1 Å². The Bertz CT molecular complexity index is 1590. The van der Waals surface area contributed by atoms with Crippen molar-refractivity contribution in [1.82, 2.24) is 10.2 Å². The summed E-state index contributed by atoms with van der Waals surface area (Å²) in [7, 11) is -3.02. The molecule has 0 aliphatic carbocycles. The molecule has 0 aliphatic rings. The van der Waals surface area contributed by atoms with Crippen LogP contribution in [0, 0.1) is 29.9 Å². The lowest BCUT2D eigenvalue weighted by Gasteiger charge is -2.33. The van der Waals surface area contributed by atoms with Crippen molar-refractivity contribution in [3.63, 3.8) is 0 Å². The van der Waals surface area contributed by atoms with Gasteiger partial charge in [0.25, 0.3) is 15.7 Å². The molecule has 1 atom stereocenters. The molecule has 236 valence electrons. The molecule has 3 aromatic rings. The van der Waals surface area contributed by atoms with Crippen LogP contribution in [0.4, 0.5) is 11.4 Å². The zero-order valence-electron chi connectivity index (χ0n) is 25.9. The zero-order chi connectivity index (χ0) is 32.6. The number of nitro benzene ring substituents is 1. The van der Waals surface area contributed by atoms with Gasteiger partial charge in [-0.3, -0.25) is 24.0 Å². The number of methoxy groups -OCH3 is 1. The Morgan fingerprint density at radius 2 is 1.66 bits per heavy atom. The first-order valence-electron chi connectivity index (χ1n) is 14.3. The molecule has 0 fully saturated rings. The molecule has 0 saturated carbocycles. The highest BCUT2D eigenvalue weighted by molar-refractivity contribution is 7.92. The van der Waals surface area contributed by atoms with E-state index in [4.69, 9.17) is 4.74 Å². The van der Waals surface area contributed by atoms with E-state index in [1.165, 1.54) is 43.2 Å². The predicted octanol–water partition coefficient (Wildman–Crippen LogP) is 5.00. The van der Waals surface area contributed by atoms with Gasteiger partial charge in [0.05, 0.1) is 22.6 Å². The molecule has 0 aromatic heterocycles. The molecule has 3 rings (SSSR count).